The summed E-state index contributed by atoms with van der Waals surface area (Å²) in [4.78, 5) is 0. The molecule has 5 nitrogen and oxygen atoms in total. The number of hydrogen-bond donors (Lipinski definition) is 4. The summed E-state index contributed by atoms with van der Waals surface area (Å²) in [5.41, 5.74) is 0. The molecular formula is C6H18O5. The third-order valence-corrected chi connectivity index (χ3v) is 0.471. The molecule has 0 spiro atoms. The van der Waals surface area contributed by atoms with Crippen LogP contribution < -0.4 is 0 Å². The van der Waals surface area contributed by atoms with Gasteiger partial charge in [-0.05, 0) is 0 Å². The fourth-order valence-electron chi connectivity index (χ4n) is 0.231. The first kappa shape index (κ1) is 17.0. The van der Waals surface area contributed by atoms with E-state index in [0.29, 0.717) is 13.2 Å². The third kappa shape index (κ3) is 41.3. The Morgan fingerprint density at radius 1 is 0.818 bits per heavy atom. The van der Waals surface area contributed by atoms with Crippen molar-refractivity contribution in [3.63, 3.8) is 0 Å². The Kier molecular flexibility index (Phi) is 51.1. The van der Waals surface area contributed by atoms with Gasteiger partial charge in [-0.3, -0.25) is 0 Å². The normalized spacial score (nSPS) is 7.09. The van der Waals surface area contributed by atoms with Gasteiger partial charge in [0.15, 0.2) is 0 Å². The van der Waals surface area contributed by atoms with E-state index in [1.54, 1.807) is 0 Å². The number of aliphatic hydroxyl groups excluding tert-OH is 4. The molecule has 0 radical (unpaired) electrons. The first-order valence-corrected chi connectivity index (χ1v) is 3.10. The highest BCUT2D eigenvalue weighted by molar-refractivity contribution is 4.24. The van der Waals surface area contributed by atoms with Crippen molar-refractivity contribution in [2.24, 2.45) is 0 Å². The fraction of sp³-hybridized carbons (Fsp3) is 1.00. The SMILES string of the molecule is CO.CO.OCCOCCO. The van der Waals surface area contributed by atoms with Gasteiger partial charge >= 0.3 is 0 Å². The Morgan fingerprint density at radius 2 is 1.09 bits per heavy atom. The standard InChI is InChI=1S/C4H10O3.2CH4O/c5-1-3-7-4-2-6;2*1-2/h5-6H,1-4H2;2*2H,1H3. The van der Waals surface area contributed by atoms with Gasteiger partial charge in [0, 0.05) is 14.2 Å². The van der Waals surface area contributed by atoms with Crippen molar-refractivity contribution in [2.45, 2.75) is 0 Å². The largest absolute Gasteiger partial charge is 0.400 e. The lowest BCUT2D eigenvalue weighted by Crippen LogP contribution is -2.03. The van der Waals surface area contributed by atoms with E-state index in [9.17, 15) is 0 Å². The molecule has 0 saturated carbocycles. The summed E-state index contributed by atoms with van der Waals surface area (Å²) in [6.45, 7) is 0.696. The maximum Gasteiger partial charge on any atom is 0.0698 e. The zero-order valence-electron chi connectivity index (χ0n) is 7.03. The first-order chi connectivity index (χ1) is 5.41. The van der Waals surface area contributed by atoms with E-state index in [1.807, 2.05) is 0 Å². The van der Waals surface area contributed by atoms with Crippen LogP contribution in [0.5, 0.6) is 0 Å². The van der Waals surface area contributed by atoms with Crippen LogP contribution in [0.2, 0.25) is 0 Å². The maximum absolute atomic E-state index is 8.09. The molecule has 0 aliphatic rings. The van der Waals surface area contributed by atoms with Crippen molar-refractivity contribution < 1.29 is 25.2 Å². The molecule has 4 N–H and O–H groups in total. The quantitative estimate of drug-likeness (QED) is 0.374. The van der Waals surface area contributed by atoms with Crippen LogP contribution in [0.15, 0.2) is 0 Å². The Balaban J connectivity index is -0.000000138. The summed E-state index contributed by atoms with van der Waals surface area (Å²) < 4.78 is 4.63. The van der Waals surface area contributed by atoms with E-state index in [1.165, 1.54) is 0 Å². The second-order valence-electron chi connectivity index (χ2n) is 1.06. The van der Waals surface area contributed by atoms with Gasteiger partial charge in [0.2, 0.25) is 0 Å². The van der Waals surface area contributed by atoms with Crippen molar-refractivity contribution in [1.82, 2.24) is 0 Å². The van der Waals surface area contributed by atoms with Crippen molar-refractivity contribution in [1.29, 1.82) is 0 Å². The molecule has 11 heavy (non-hydrogen) atoms. The van der Waals surface area contributed by atoms with Crippen LogP contribution in [0.4, 0.5) is 0 Å². The van der Waals surface area contributed by atoms with Crippen LogP contribution in [0, 0.1) is 0 Å². The zero-order valence-corrected chi connectivity index (χ0v) is 7.03. The third-order valence-electron chi connectivity index (χ3n) is 0.471. The fourth-order valence-corrected chi connectivity index (χ4v) is 0.231. The van der Waals surface area contributed by atoms with Crippen LogP contribution in [0.3, 0.4) is 0 Å². The molecule has 0 aromatic heterocycles. The molecule has 0 rings (SSSR count). The van der Waals surface area contributed by atoms with E-state index in [-0.39, 0.29) is 13.2 Å². The van der Waals surface area contributed by atoms with Gasteiger partial charge in [0.25, 0.3) is 0 Å². The van der Waals surface area contributed by atoms with Crippen molar-refractivity contribution in [3.8, 4) is 0 Å². The van der Waals surface area contributed by atoms with Gasteiger partial charge in [-0.15, -0.1) is 0 Å². The lowest BCUT2D eigenvalue weighted by molar-refractivity contribution is 0.0650. The highest BCUT2D eigenvalue weighted by Crippen LogP contribution is 1.68. The molecule has 0 aromatic carbocycles. The molecule has 0 bridgehead atoms. The summed E-state index contributed by atoms with van der Waals surface area (Å²) in [6, 6.07) is 0. The van der Waals surface area contributed by atoms with E-state index < -0.39 is 0 Å². The second kappa shape index (κ2) is 32.9. The van der Waals surface area contributed by atoms with Crippen molar-refractivity contribution in [2.75, 3.05) is 40.6 Å². The topological polar surface area (TPSA) is 90.2 Å². The molecule has 0 heterocycles. The summed E-state index contributed by atoms with van der Waals surface area (Å²) in [7, 11) is 2.00. The number of rotatable bonds is 4. The summed E-state index contributed by atoms with van der Waals surface area (Å²) in [6.07, 6.45) is 0. The molecule has 0 atom stereocenters. The molecule has 0 saturated heterocycles. The van der Waals surface area contributed by atoms with Gasteiger partial charge in [-0.2, -0.15) is 0 Å². The molecule has 0 fully saturated rings. The average Bonchev–Trinajstić information content (AvgIpc) is 2.13. The molecule has 0 unspecified atom stereocenters. The molecular weight excluding hydrogens is 152 g/mol. The Morgan fingerprint density at radius 3 is 1.27 bits per heavy atom. The molecule has 0 aromatic rings. The molecule has 0 aliphatic carbocycles. The zero-order chi connectivity index (χ0) is 9.54. The van der Waals surface area contributed by atoms with Gasteiger partial charge in [0.1, 0.15) is 0 Å². The first-order valence-electron chi connectivity index (χ1n) is 3.10. The highest BCUT2D eigenvalue weighted by atomic mass is 16.5. The van der Waals surface area contributed by atoms with Crippen molar-refractivity contribution >= 4 is 0 Å². The maximum atomic E-state index is 8.09. The van der Waals surface area contributed by atoms with Crippen LogP contribution in [-0.2, 0) is 4.74 Å². The summed E-state index contributed by atoms with van der Waals surface area (Å²) in [5, 5.41) is 30.2. The van der Waals surface area contributed by atoms with E-state index >= 15 is 0 Å². The van der Waals surface area contributed by atoms with E-state index in [4.69, 9.17) is 20.4 Å². The predicted octanol–water partition coefficient (Wildman–Crippen LogP) is -1.80. The van der Waals surface area contributed by atoms with Gasteiger partial charge in [-0.25, -0.2) is 0 Å². The highest BCUT2D eigenvalue weighted by Gasteiger charge is 1.79. The van der Waals surface area contributed by atoms with Crippen LogP contribution >= 0.6 is 0 Å². The smallest absolute Gasteiger partial charge is 0.0698 e. The summed E-state index contributed by atoms with van der Waals surface area (Å²) >= 11 is 0. The van der Waals surface area contributed by atoms with Crippen LogP contribution in [-0.4, -0.2) is 61.1 Å². The van der Waals surface area contributed by atoms with Crippen molar-refractivity contribution in [3.05, 3.63) is 0 Å². The molecule has 0 amide bonds. The Hall–Kier alpha value is -0.200. The predicted molar refractivity (Wildman–Crippen MR) is 41.3 cm³/mol. The number of aliphatic hydroxyl groups is 4. The monoisotopic (exact) mass is 170 g/mol. The van der Waals surface area contributed by atoms with Gasteiger partial charge in [-0.1, -0.05) is 0 Å². The molecule has 72 valence electrons. The number of ether oxygens (including phenoxy) is 1. The molecule has 5 heteroatoms. The Bertz CT molecular complexity index is 30.2. The average molecular weight is 170 g/mol. The molecule has 0 aliphatic heterocycles. The van der Waals surface area contributed by atoms with E-state index in [0.717, 1.165) is 14.2 Å². The minimum Gasteiger partial charge on any atom is -0.400 e. The Labute approximate surface area is 66.9 Å². The van der Waals surface area contributed by atoms with Gasteiger partial charge < -0.3 is 25.2 Å². The van der Waals surface area contributed by atoms with Crippen LogP contribution in [0.1, 0.15) is 0 Å². The number of hydrogen-bond acceptors (Lipinski definition) is 5. The van der Waals surface area contributed by atoms with Crippen LogP contribution in [0.25, 0.3) is 0 Å². The van der Waals surface area contributed by atoms with Gasteiger partial charge in [0.05, 0.1) is 26.4 Å². The minimum absolute atomic E-state index is 0.0278. The minimum atomic E-state index is 0.0278. The van der Waals surface area contributed by atoms with E-state index in [2.05, 4.69) is 4.74 Å². The lowest BCUT2D eigenvalue weighted by Gasteiger charge is -1.94. The summed E-state index contributed by atoms with van der Waals surface area (Å²) in [5.74, 6) is 0. The lowest BCUT2D eigenvalue weighted by atomic mass is 10.7. The second-order valence-corrected chi connectivity index (χ2v) is 1.06.